The Balaban J connectivity index is 1.67. The highest BCUT2D eigenvalue weighted by Crippen LogP contribution is 2.61. The highest BCUT2D eigenvalue weighted by molar-refractivity contribution is 5.97. The second-order valence-electron chi connectivity index (χ2n) is 9.40. The van der Waals surface area contributed by atoms with Gasteiger partial charge in [0, 0.05) is 5.71 Å². The fourth-order valence-electron chi connectivity index (χ4n) is 5.55. The van der Waals surface area contributed by atoms with Gasteiger partial charge < -0.3 is 14.9 Å². The summed E-state index contributed by atoms with van der Waals surface area (Å²) in [6, 6.07) is 6.81. The predicted octanol–water partition coefficient (Wildman–Crippen LogP) is 3.18. The fraction of sp³-hybridized carbons (Fsp3) is 0.583. The molecule has 5 rings (SSSR count). The second-order valence-corrected chi connectivity index (χ2v) is 9.40. The van der Waals surface area contributed by atoms with Gasteiger partial charge in [0.1, 0.15) is 11.7 Å². The summed E-state index contributed by atoms with van der Waals surface area (Å²) in [5, 5.41) is 22.4. The van der Waals surface area contributed by atoms with Crippen LogP contribution >= 0.6 is 0 Å². The van der Waals surface area contributed by atoms with Crippen molar-refractivity contribution >= 4 is 17.3 Å². The number of aliphatic hydroxyl groups is 2. The Bertz CT molecular complexity index is 883. The molecule has 29 heavy (non-hydrogen) atoms. The first-order valence-corrected chi connectivity index (χ1v) is 10.6. The molecule has 1 aromatic rings. The third kappa shape index (κ3) is 3.15. The Morgan fingerprint density at radius 2 is 2.03 bits per heavy atom. The number of hydrogen-bond donors (Lipinski definition) is 2. The van der Waals surface area contributed by atoms with Crippen LogP contribution in [0.25, 0.3) is 5.57 Å². The maximum atomic E-state index is 12.8. The van der Waals surface area contributed by atoms with E-state index >= 15 is 0 Å². The molecule has 0 saturated heterocycles. The molecule has 2 N–H and O–H groups in total. The number of benzene rings is 1. The average molecular weight is 398 g/mol. The van der Waals surface area contributed by atoms with Gasteiger partial charge in [-0.1, -0.05) is 44.2 Å². The van der Waals surface area contributed by atoms with Crippen molar-refractivity contribution in [2.45, 2.75) is 64.7 Å². The first-order chi connectivity index (χ1) is 13.7. The Morgan fingerprint density at radius 1 is 1.31 bits per heavy atom. The van der Waals surface area contributed by atoms with Gasteiger partial charge in [0.2, 0.25) is 0 Å². The van der Waals surface area contributed by atoms with Crippen molar-refractivity contribution in [3.05, 3.63) is 41.5 Å². The zero-order valence-electron chi connectivity index (χ0n) is 17.7. The van der Waals surface area contributed by atoms with E-state index in [1.54, 1.807) is 13.8 Å². The van der Waals surface area contributed by atoms with E-state index in [2.05, 4.69) is 18.8 Å². The molecule has 156 valence electrons. The molecule has 1 aromatic carbocycles. The van der Waals surface area contributed by atoms with Crippen molar-refractivity contribution in [3.63, 3.8) is 0 Å². The average Bonchev–Trinajstić information content (AvgIpc) is 3.10. The summed E-state index contributed by atoms with van der Waals surface area (Å²) in [7, 11) is 0. The number of aliphatic hydroxyl groups excluding tert-OH is 1. The van der Waals surface area contributed by atoms with E-state index in [0.29, 0.717) is 23.6 Å². The minimum absolute atomic E-state index is 0.0630. The molecule has 4 aliphatic carbocycles. The third-order valence-electron chi connectivity index (χ3n) is 7.48. The smallest absolute Gasteiger partial charge is 0.333 e. The molecule has 5 atom stereocenters. The van der Waals surface area contributed by atoms with E-state index in [-0.39, 0.29) is 17.9 Å². The quantitative estimate of drug-likeness (QED) is 0.748. The zero-order valence-corrected chi connectivity index (χ0v) is 17.7. The van der Waals surface area contributed by atoms with Crippen molar-refractivity contribution in [2.75, 3.05) is 6.61 Å². The van der Waals surface area contributed by atoms with Crippen molar-refractivity contribution in [2.24, 2.45) is 22.2 Å². The van der Waals surface area contributed by atoms with Crippen LogP contribution in [0.1, 0.15) is 51.7 Å². The lowest BCUT2D eigenvalue weighted by Crippen LogP contribution is -2.65. The minimum atomic E-state index is -1.10. The van der Waals surface area contributed by atoms with Crippen LogP contribution in [0.3, 0.4) is 0 Å². The van der Waals surface area contributed by atoms with Crippen LogP contribution in [0.5, 0.6) is 0 Å². The molecule has 5 heteroatoms. The monoisotopic (exact) mass is 397 g/mol. The van der Waals surface area contributed by atoms with Crippen LogP contribution in [0.2, 0.25) is 0 Å². The molecule has 2 bridgehead atoms. The summed E-state index contributed by atoms with van der Waals surface area (Å²) in [6.45, 7) is 8.14. The summed E-state index contributed by atoms with van der Waals surface area (Å²) < 4.78 is 5.25. The van der Waals surface area contributed by atoms with Crippen molar-refractivity contribution < 1.29 is 19.7 Å². The van der Waals surface area contributed by atoms with Crippen molar-refractivity contribution in [1.82, 2.24) is 0 Å². The summed E-state index contributed by atoms with van der Waals surface area (Å²) in [5.41, 5.74) is 2.39. The molecule has 0 heterocycles. The topological polar surface area (TPSA) is 79.1 Å². The van der Waals surface area contributed by atoms with Crippen LogP contribution in [-0.4, -0.2) is 46.2 Å². The van der Waals surface area contributed by atoms with Crippen LogP contribution in [-0.2, 0) is 16.0 Å². The van der Waals surface area contributed by atoms with Crippen molar-refractivity contribution in [3.8, 4) is 0 Å². The van der Waals surface area contributed by atoms with Crippen molar-refractivity contribution in [1.29, 1.82) is 0 Å². The second kappa shape index (κ2) is 7.06. The van der Waals surface area contributed by atoms with Gasteiger partial charge in [0.15, 0.2) is 6.04 Å². The molecule has 3 saturated carbocycles. The molecular formula is C24H31NO4. The Hall–Kier alpha value is -1.98. The summed E-state index contributed by atoms with van der Waals surface area (Å²) in [5.74, 6) is 0.00360. The minimum Gasteiger partial charge on any atom is -0.464 e. The predicted molar refractivity (Wildman–Crippen MR) is 113 cm³/mol. The van der Waals surface area contributed by atoms with E-state index in [0.717, 1.165) is 24.0 Å². The summed E-state index contributed by atoms with van der Waals surface area (Å²) >= 11 is 0. The van der Waals surface area contributed by atoms with Crippen LogP contribution in [0.15, 0.2) is 35.3 Å². The number of hydrogen-bond acceptors (Lipinski definition) is 5. The lowest BCUT2D eigenvalue weighted by atomic mass is 9.44. The summed E-state index contributed by atoms with van der Waals surface area (Å²) in [4.78, 5) is 17.4. The van der Waals surface area contributed by atoms with E-state index in [1.807, 2.05) is 30.3 Å². The number of ether oxygens (including phenoxy) is 1. The highest BCUT2D eigenvalue weighted by atomic mass is 16.5. The van der Waals surface area contributed by atoms with E-state index in [1.165, 1.54) is 0 Å². The lowest BCUT2D eigenvalue weighted by molar-refractivity contribution is -0.146. The standard InChI is InChI=1S/C24H31NO4/c1-5-29-22(27)20(21(26)17-11-10-14-8-6-7-9-16(14)17)25-19-13-15-12-18(23(15,2)3)24(19,4)28/h6-9,11,15,18,20-21,26,28H,5,10,12-13H2,1-4H3/t15-,18-,20-,21-,24-/m0/s1. The van der Waals surface area contributed by atoms with Gasteiger partial charge in [0.05, 0.1) is 6.61 Å². The largest absolute Gasteiger partial charge is 0.464 e. The van der Waals surface area contributed by atoms with Gasteiger partial charge in [-0.05, 0) is 67.1 Å². The van der Waals surface area contributed by atoms with Gasteiger partial charge in [-0.2, -0.15) is 0 Å². The molecule has 0 amide bonds. The number of esters is 1. The normalized spacial score (nSPS) is 32.8. The molecule has 0 unspecified atom stereocenters. The number of nitrogens with zero attached hydrogens (tertiary/aromatic N) is 1. The summed E-state index contributed by atoms with van der Waals surface area (Å²) in [6.07, 6.45) is 3.21. The van der Waals surface area contributed by atoms with Gasteiger partial charge in [-0.3, -0.25) is 4.99 Å². The van der Waals surface area contributed by atoms with E-state index in [4.69, 9.17) is 4.74 Å². The first kappa shape index (κ1) is 20.3. The molecule has 0 aliphatic heterocycles. The maximum absolute atomic E-state index is 12.8. The van der Waals surface area contributed by atoms with Gasteiger partial charge in [-0.15, -0.1) is 0 Å². The lowest BCUT2D eigenvalue weighted by Gasteiger charge is -2.62. The van der Waals surface area contributed by atoms with Crippen LogP contribution < -0.4 is 0 Å². The molecule has 0 spiro atoms. The van der Waals surface area contributed by atoms with Crippen LogP contribution in [0, 0.1) is 17.3 Å². The molecule has 0 aromatic heterocycles. The molecule has 4 aliphatic rings. The molecule has 3 fully saturated rings. The number of carbonyl (C=O) groups is 1. The highest BCUT2D eigenvalue weighted by Gasteiger charge is 2.61. The fourth-order valence-corrected chi connectivity index (χ4v) is 5.55. The van der Waals surface area contributed by atoms with Crippen LogP contribution in [0.4, 0.5) is 0 Å². The third-order valence-corrected chi connectivity index (χ3v) is 7.48. The Kier molecular flexibility index (Phi) is 4.94. The Morgan fingerprint density at radius 3 is 2.69 bits per heavy atom. The number of allylic oxidation sites excluding steroid dienone is 1. The number of carbonyl (C=O) groups excluding carboxylic acids is 1. The van der Waals surface area contributed by atoms with Gasteiger partial charge >= 0.3 is 5.97 Å². The van der Waals surface area contributed by atoms with Gasteiger partial charge in [-0.25, -0.2) is 4.79 Å². The van der Waals surface area contributed by atoms with Gasteiger partial charge in [0.25, 0.3) is 0 Å². The molecular weight excluding hydrogens is 366 g/mol. The Labute approximate surface area is 172 Å². The van der Waals surface area contributed by atoms with E-state index in [9.17, 15) is 15.0 Å². The number of aliphatic imine (C=N–C) groups is 1. The first-order valence-electron chi connectivity index (χ1n) is 10.6. The SMILES string of the molecule is CCOC(=O)[C@@H](N=C1C[C@@H]2C[C@@H](C2(C)C)[C@]1(C)O)[C@@H](O)C1=CCc2ccccc21. The number of rotatable bonds is 5. The zero-order chi connectivity index (χ0) is 21.0. The maximum Gasteiger partial charge on any atom is 0.333 e. The molecule has 5 nitrogen and oxygen atoms in total. The number of fused-ring (bicyclic) bond motifs is 3. The van der Waals surface area contributed by atoms with E-state index < -0.39 is 23.7 Å². The molecule has 0 radical (unpaired) electrons.